The van der Waals surface area contributed by atoms with Crippen LogP contribution in [0, 0.1) is 0 Å². The molecule has 2 aromatic rings. The minimum absolute atomic E-state index is 0. The second-order valence-electron chi connectivity index (χ2n) is 6.69. The molecule has 0 spiro atoms. The Labute approximate surface area is 202 Å². The molecule has 1 unspecified atom stereocenters. The van der Waals surface area contributed by atoms with Crippen LogP contribution < -0.4 is 20.7 Å². The summed E-state index contributed by atoms with van der Waals surface area (Å²) >= 11 is 0. The fourth-order valence-electron chi connectivity index (χ4n) is 2.78. The number of rotatable bonds is 11. The van der Waals surface area contributed by atoms with Gasteiger partial charge in [0.25, 0.3) is 5.91 Å². The van der Waals surface area contributed by atoms with Crippen LogP contribution in [-0.2, 0) is 4.74 Å². The molecule has 0 aliphatic heterocycles. The fraction of sp³-hybridized carbons (Fsp3) is 0.391. The Morgan fingerprint density at radius 2 is 1.61 bits per heavy atom. The van der Waals surface area contributed by atoms with Crippen LogP contribution in [-0.4, -0.2) is 52.3 Å². The molecule has 31 heavy (non-hydrogen) atoms. The first-order chi connectivity index (χ1) is 14.6. The Morgan fingerprint density at radius 1 is 0.968 bits per heavy atom. The van der Waals surface area contributed by atoms with Gasteiger partial charge in [-0.3, -0.25) is 9.79 Å². The van der Waals surface area contributed by atoms with E-state index in [0.29, 0.717) is 31.2 Å². The van der Waals surface area contributed by atoms with Crippen LogP contribution in [0.4, 0.5) is 0 Å². The Kier molecular flexibility index (Phi) is 13.3. The molecule has 0 radical (unpaired) electrons. The number of benzene rings is 2. The second-order valence-corrected chi connectivity index (χ2v) is 6.69. The SMILES string of the molecule is CN=C(NCCCOC(C)c1ccccc1)NCCNC(=O)c1ccc(OC)cc1.I. The van der Waals surface area contributed by atoms with Gasteiger partial charge in [0.05, 0.1) is 13.2 Å². The molecule has 2 aromatic carbocycles. The van der Waals surface area contributed by atoms with E-state index in [1.165, 1.54) is 5.56 Å². The van der Waals surface area contributed by atoms with Crippen molar-refractivity contribution in [2.75, 3.05) is 40.4 Å². The summed E-state index contributed by atoms with van der Waals surface area (Å²) in [6.07, 6.45) is 0.949. The van der Waals surface area contributed by atoms with E-state index < -0.39 is 0 Å². The van der Waals surface area contributed by atoms with E-state index in [-0.39, 0.29) is 36.0 Å². The van der Waals surface area contributed by atoms with Crippen molar-refractivity contribution in [2.24, 2.45) is 4.99 Å². The number of hydrogen-bond donors (Lipinski definition) is 3. The predicted molar refractivity (Wildman–Crippen MR) is 136 cm³/mol. The van der Waals surface area contributed by atoms with Gasteiger partial charge >= 0.3 is 0 Å². The number of nitrogens with zero attached hydrogens (tertiary/aromatic N) is 1. The number of carbonyl (C=O) groups excluding carboxylic acids is 1. The predicted octanol–water partition coefficient (Wildman–Crippen LogP) is 3.38. The zero-order chi connectivity index (χ0) is 21.6. The van der Waals surface area contributed by atoms with Crippen molar-refractivity contribution in [3.63, 3.8) is 0 Å². The molecular formula is C23H33IN4O3. The minimum Gasteiger partial charge on any atom is -0.497 e. The Bertz CT molecular complexity index is 785. The fourth-order valence-corrected chi connectivity index (χ4v) is 2.78. The number of guanidine groups is 1. The number of aliphatic imine (C=N–C) groups is 1. The third-order valence-electron chi connectivity index (χ3n) is 4.53. The lowest BCUT2D eigenvalue weighted by atomic mass is 10.1. The average molecular weight is 540 g/mol. The maximum atomic E-state index is 12.1. The summed E-state index contributed by atoms with van der Waals surface area (Å²) in [6.45, 7) is 4.53. The highest BCUT2D eigenvalue weighted by atomic mass is 127. The number of methoxy groups -OCH3 is 1. The summed E-state index contributed by atoms with van der Waals surface area (Å²) in [5.74, 6) is 1.31. The summed E-state index contributed by atoms with van der Waals surface area (Å²) in [5, 5.41) is 9.31. The van der Waals surface area contributed by atoms with Crippen molar-refractivity contribution in [2.45, 2.75) is 19.4 Å². The lowest BCUT2D eigenvalue weighted by molar-refractivity contribution is 0.0646. The summed E-state index contributed by atoms with van der Waals surface area (Å²) < 4.78 is 11.0. The first-order valence-corrected chi connectivity index (χ1v) is 10.2. The molecule has 0 saturated heterocycles. The molecule has 1 atom stereocenters. The molecule has 3 N–H and O–H groups in total. The van der Waals surface area contributed by atoms with E-state index in [9.17, 15) is 4.79 Å². The average Bonchev–Trinajstić information content (AvgIpc) is 2.80. The minimum atomic E-state index is -0.118. The normalized spacial score (nSPS) is 11.8. The number of amides is 1. The second kappa shape index (κ2) is 15.5. The van der Waals surface area contributed by atoms with Crippen molar-refractivity contribution in [1.29, 1.82) is 0 Å². The molecule has 0 aliphatic carbocycles. The van der Waals surface area contributed by atoms with Gasteiger partial charge in [0.2, 0.25) is 0 Å². The van der Waals surface area contributed by atoms with Gasteiger partial charge in [0.1, 0.15) is 5.75 Å². The molecule has 0 heterocycles. The van der Waals surface area contributed by atoms with E-state index in [1.807, 2.05) is 18.2 Å². The molecule has 0 saturated carbocycles. The molecule has 0 aliphatic rings. The largest absolute Gasteiger partial charge is 0.497 e. The first kappa shape index (κ1) is 26.7. The van der Waals surface area contributed by atoms with Gasteiger partial charge in [0, 0.05) is 38.9 Å². The van der Waals surface area contributed by atoms with Gasteiger partial charge in [-0.1, -0.05) is 30.3 Å². The molecule has 0 aromatic heterocycles. The lowest BCUT2D eigenvalue weighted by Crippen LogP contribution is -2.42. The van der Waals surface area contributed by atoms with Crippen molar-refractivity contribution < 1.29 is 14.3 Å². The van der Waals surface area contributed by atoms with Crippen molar-refractivity contribution >= 4 is 35.8 Å². The molecule has 7 nitrogen and oxygen atoms in total. The smallest absolute Gasteiger partial charge is 0.251 e. The van der Waals surface area contributed by atoms with Gasteiger partial charge in [-0.05, 0) is 43.2 Å². The van der Waals surface area contributed by atoms with Crippen LogP contribution in [0.15, 0.2) is 59.6 Å². The van der Waals surface area contributed by atoms with Crippen LogP contribution in [0.2, 0.25) is 0 Å². The third kappa shape index (κ3) is 10.0. The third-order valence-corrected chi connectivity index (χ3v) is 4.53. The van der Waals surface area contributed by atoms with Gasteiger partial charge in [-0.2, -0.15) is 0 Å². The number of halogens is 1. The van der Waals surface area contributed by atoms with Crippen molar-refractivity contribution in [3.8, 4) is 5.75 Å². The highest BCUT2D eigenvalue weighted by Gasteiger charge is 2.06. The first-order valence-electron chi connectivity index (χ1n) is 10.2. The van der Waals surface area contributed by atoms with Crippen molar-refractivity contribution in [3.05, 3.63) is 65.7 Å². The Morgan fingerprint density at radius 3 is 2.26 bits per heavy atom. The quantitative estimate of drug-likeness (QED) is 0.176. The van der Waals surface area contributed by atoms with Gasteiger partial charge in [-0.15, -0.1) is 24.0 Å². The molecule has 0 bridgehead atoms. The topological polar surface area (TPSA) is 84.0 Å². The van der Waals surface area contributed by atoms with Gasteiger partial charge < -0.3 is 25.4 Å². The van der Waals surface area contributed by atoms with E-state index in [0.717, 1.165) is 18.7 Å². The van der Waals surface area contributed by atoms with E-state index in [4.69, 9.17) is 9.47 Å². The van der Waals surface area contributed by atoms with Gasteiger partial charge in [0.15, 0.2) is 5.96 Å². The Hall–Kier alpha value is -2.33. The molecule has 0 fully saturated rings. The molecule has 1 amide bonds. The van der Waals surface area contributed by atoms with E-state index >= 15 is 0 Å². The summed E-state index contributed by atoms with van der Waals surface area (Å²) in [4.78, 5) is 16.3. The zero-order valence-corrected chi connectivity index (χ0v) is 20.7. The van der Waals surface area contributed by atoms with Crippen LogP contribution in [0.5, 0.6) is 5.75 Å². The number of ether oxygens (including phenoxy) is 2. The number of hydrogen-bond acceptors (Lipinski definition) is 4. The maximum Gasteiger partial charge on any atom is 0.251 e. The van der Waals surface area contributed by atoms with E-state index in [1.54, 1.807) is 38.4 Å². The summed E-state index contributed by atoms with van der Waals surface area (Å²) in [7, 11) is 3.32. The monoisotopic (exact) mass is 540 g/mol. The van der Waals surface area contributed by atoms with Crippen LogP contribution in [0.25, 0.3) is 0 Å². The summed E-state index contributed by atoms with van der Waals surface area (Å²) in [5.41, 5.74) is 1.78. The standard InChI is InChI=1S/C23H32N4O3.HI/c1-18(19-8-5-4-6-9-19)30-17-7-14-26-23(24-2)27-16-15-25-22(28)20-10-12-21(29-3)13-11-20;/h4-6,8-13,18H,7,14-17H2,1-3H3,(H,25,28)(H2,24,26,27);1H. The molecule has 170 valence electrons. The molecule has 8 heteroatoms. The van der Waals surface area contributed by atoms with E-state index in [2.05, 4.69) is 40.0 Å². The number of nitrogens with one attached hydrogen (secondary N) is 3. The lowest BCUT2D eigenvalue weighted by Gasteiger charge is -2.15. The van der Waals surface area contributed by atoms with Crippen molar-refractivity contribution in [1.82, 2.24) is 16.0 Å². The summed E-state index contributed by atoms with van der Waals surface area (Å²) in [6, 6.07) is 17.2. The van der Waals surface area contributed by atoms with Crippen LogP contribution in [0.3, 0.4) is 0 Å². The number of carbonyl (C=O) groups is 1. The zero-order valence-electron chi connectivity index (χ0n) is 18.4. The molecule has 2 rings (SSSR count). The highest BCUT2D eigenvalue weighted by molar-refractivity contribution is 14.0. The van der Waals surface area contributed by atoms with Crippen LogP contribution in [0.1, 0.15) is 35.4 Å². The Balaban J connectivity index is 0.00000480. The maximum absolute atomic E-state index is 12.1. The molecular weight excluding hydrogens is 507 g/mol. The van der Waals surface area contributed by atoms with Gasteiger partial charge in [-0.25, -0.2) is 0 Å². The van der Waals surface area contributed by atoms with Crippen LogP contribution >= 0.6 is 24.0 Å². The highest BCUT2D eigenvalue weighted by Crippen LogP contribution is 2.15.